The zero-order chi connectivity index (χ0) is 24.3. The molecule has 3 N–H and O–H groups in total. The van der Waals surface area contributed by atoms with E-state index in [9.17, 15) is 14.4 Å². The lowest BCUT2D eigenvalue weighted by Gasteiger charge is -2.30. The van der Waals surface area contributed by atoms with Crippen molar-refractivity contribution >= 4 is 18.0 Å². The van der Waals surface area contributed by atoms with Crippen molar-refractivity contribution in [3.05, 3.63) is 59.7 Å². The number of benzene rings is 2. The Labute approximate surface area is 199 Å². The highest BCUT2D eigenvalue weighted by Crippen LogP contribution is 2.45. The molecule has 7 nitrogen and oxygen atoms in total. The average Bonchev–Trinajstić information content (AvgIpc) is 3.60. The fraction of sp³-hybridized carbons (Fsp3) is 0.444. The van der Waals surface area contributed by atoms with Gasteiger partial charge in [0.25, 0.3) is 0 Å². The molecule has 0 aromatic heterocycles. The number of carbonyl (C=O) groups excluding carboxylic acids is 2. The van der Waals surface area contributed by atoms with Crippen LogP contribution in [0, 0.1) is 11.8 Å². The zero-order valence-electron chi connectivity index (χ0n) is 19.7. The van der Waals surface area contributed by atoms with Gasteiger partial charge in [-0.05, 0) is 53.9 Å². The van der Waals surface area contributed by atoms with Crippen LogP contribution in [0.4, 0.5) is 4.79 Å². The van der Waals surface area contributed by atoms with Crippen LogP contribution in [-0.2, 0) is 14.3 Å². The number of hydrogen-bond donors (Lipinski definition) is 3. The van der Waals surface area contributed by atoms with Gasteiger partial charge in [-0.1, -0.05) is 55.5 Å². The minimum Gasteiger partial charge on any atom is -0.481 e. The minimum absolute atomic E-state index is 0.00181. The number of aliphatic carboxylic acids is 1. The molecule has 2 aliphatic rings. The first-order valence-corrected chi connectivity index (χ1v) is 11.9. The van der Waals surface area contributed by atoms with Crippen LogP contribution in [0.1, 0.15) is 56.6 Å². The zero-order valence-corrected chi connectivity index (χ0v) is 19.7. The summed E-state index contributed by atoms with van der Waals surface area (Å²) in [7, 11) is 0. The average molecular weight is 465 g/mol. The molecule has 2 aromatic carbocycles. The molecular weight excluding hydrogens is 432 g/mol. The molecule has 2 aliphatic carbocycles. The van der Waals surface area contributed by atoms with E-state index in [-0.39, 0.29) is 49.7 Å². The molecule has 180 valence electrons. The third-order valence-electron chi connectivity index (χ3n) is 6.91. The molecule has 34 heavy (non-hydrogen) atoms. The van der Waals surface area contributed by atoms with E-state index in [0.717, 1.165) is 24.0 Å². The number of fused-ring (bicyclic) bond motifs is 3. The monoisotopic (exact) mass is 464 g/mol. The largest absolute Gasteiger partial charge is 0.481 e. The summed E-state index contributed by atoms with van der Waals surface area (Å²) in [5.41, 5.74) is 3.93. The van der Waals surface area contributed by atoms with Gasteiger partial charge in [-0.15, -0.1) is 0 Å². The van der Waals surface area contributed by atoms with E-state index in [2.05, 4.69) is 34.9 Å². The van der Waals surface area contributed by atoms with E-state index >= 15 is 0 Å². The van der Waals surface area contributed by atoms with Gasteiger partial charge in [0, 0.05) is 25.3 Å². The Morgan fingerprint density at radius 1 is 1.06 bits per heavy atom. The lowest BCUT2D eigenvalue weighted by atomic mass is 9.91. The molecule has 0 bridgehead atoms. The summed E-state index contributed by atoms with van der Waals surface area (Å²) in [5, 5.41) is 14.6. The fourth-order valence-electron chi connectivity index (χ4n) is 4.93. The normalized spacial score (nSPS) is 17.1. The second-order valence-electron chi connectivity index (χ2n) is 9.83. The molecule has 7 heteroatoms. The summed E-state index contributed by atoms with van der Waals surface area (Å²) in [5.74, 6) is -1.06. The van der Waals surface area contributed by atoms with Gasteiger partial charge < -0.3 is 20.5 Å². The van der Waals surface area contributed by atoms with Crippen LogP contribution < -0.4 is 10.6 Å². The van der Waals surface area contributed by atoms with Crippen molar-refractivity contribution in [1.82, 2.24) is 10.6 Å². The molecule has 0 heterocycles. The van der Waals surface area contributed by atoms with Crippen molar-refractivity contribution in [2.45, 2.75) is 51.0 Å². The molecule has 0 saturated heterocycles. The quantitative estimate of drug-likeness (QED) is 0.486. The summed E-state index contributed by atoms with van der Waals surface area (Å²) in [6.45, 7) is 4.17. The molecule has 0 spiro atoms. The van der Waals surface area contributed by atoms with E-state index in [4.69, 9.17) is 9.84 Å². The summed E-state index contributed by atoms with van der Waals surface area (Å²) >= 11 is 0. The molecule has 2 aromatic rings. The van der Waals surface area contributed by atoms with Crippen LogP contribution in [0.5, 0.6) is 0 Å². The van der Waals surface area contributed by atoms with Gasteiger partial charge in [0.2, 0.25) is 5.91 Å². The Morgan fingerprint density at radius 2 is 1.65 bits per heavy atom. The number of carbonyl (C=O) groups is 3. The highest BCUT2D eigenvalue weighted by atomic mass is 16.5. The Kier molecular flexibility index (Phi) is 6.91. The van der Waals surface area contributed by atoms with Gasteiger partial charge in [0.05, 0.1) is 5.54 Å². The van der Waals surface area contributed by atoms with E-state index < -0.39 is 17.6 Å². The Bertz CT molecular complexity index is 1030. The van der Waals surface area contributed by atoms with Crippen molar-refractivity contribution < 1.29 is 24.2 Å². The Balaban J connectivity index is 1.35. The van der Waals surface area contributed by atoms with Crippen LogP contribution in [-0.4, -0.2) is 41.8 Å². The van der Waals surface area contributed by atoms with Crippen LogP contribution in [0.3, 0.4) is 0 Å². The molecule has 1 fully saturated rings. The van der Waals surface area contributed by atoms with Crippen LogP contribution in [0.15, 0.2) is 48.5 Å². The van der Waals surface area contributed by atoms with Crippen molar-refractivity contribution in [2.75, 3.05) is 13.2 Å². The summed E-state index contributed by atoms with van der Waals surface area (Å²) in [6.07, 6.45) is 1.49. The number of nitrogens with one attached hydrogen (secondary N) is 2. The molecule has 1 saturated carbocycles. The number of hydrogen-bond acceptors (Lipinski definition) is 4. The third-order valence-corrected chi connectivity index (χ3v) is 6.91. The van der Waals surface area contributed by atoms with Crippen molar-refractivity contribution in [3.8, 4) is 11.1 Å². The fourth-order valence-corrected chi connectivity index (χ4v) is 4.93. The number of carboxylic acid groups (broad SMARTS) is 1. The van der Waals surface area contributed by atoms with Crippen molar-refractivity contribution in [1.29, 1.82) is 0 Å². The molecule has 2 unspecified atom stereocenters. The molecule has 0 aliphatic heterocycles. The number of alkyl carbamates (subject to hydrolysis) is 1. The summed E-state index contributed by atoms with van der Waals surface area (Å²) in [4.78, 5) is 36.2. The SMILES string of the molecule is CC(CNC(=O)CC(C)(NC(=O)OCC1c2ccccc2-c2ccccc21)C1CC1)CC(=O)O. The molecule has 0 radical (unpaired) electrons. The number of amides is 2. The van der Waals surface area contributed by atoms with E-state index in [1.807, 2.05) is 31.2 Å². The second kappa shape index (κ2) is 9.87. The highest BCUT2D eigenvalue weighted by Gasteiger charge is 2.44. The van der Waals surface area contributed by atoms with Gasteiger partial charge in [-0.2, -0.15) is 0 Å². The van der Waals surface area contributed by atoms with Crippen molar-refractivity contribution in [2.24, 2.45) is 11.8 Å². The van der Waals surface area contributed by atoms with Gasteiger partial charge in [-0.3, -0.25) is 9.59 Å². The molecule has 4 rings (SSSR count). The van der Waals surface area contributed by atoms with Crippen LogP contribution in [0.2, 0.25) is 0 Å². The van der Waals surface area contributed by atoms with Gasteiger partial charge in [0.1, 0.15) is 6.61 Å². The molecule has 2 atom stereocenters. The van der Waals surface area contributed by atoms with Gasteiger partial charge >= 0.3 is 12.1 Å². The number of ether oxygens (including phenoxy) is 1. The van der Waals surface area contributed by atoms with E-state index in [1.54, 1.807) is 6.92 Å². The highest BCUT2D eigenvalue weighted by molar-refractivity contribution is 5.80. The predicted molar refractivity (Wildman–Crippen MR) is 128 cm³/mol. The third kappa shape index (κ3) is 5.41. The summed E-state index contributed by atoms with van der Waals surface area (Å²) in [6, 6.07) is 16.4. The second-order valence-corrected chi connectivity index (χ2v) is 9.83. The maximum atomic E-state index is 12.8. The minimum atomic E-state index is -0.888. The number of carboxylic acids is 1. The standard InChI is InChI=1S/C27H32N2O5/c1-17(13-25(31)32)15-28-24(30)14-27(2,18-11-12-18)29-26(33)34-16-23-21-9-5-3-7-19(21)20-8-4-6-10-22(20)23/h3-10,17-18,23H,11-16H2,1-2H3,(H,28,30)(H,29,33)(H,31,32). The first-order chi connectivity index (χ1) is 16.3. The van der Waals surface area contributed by atoms with Gasteiger partial charge in [-0.25, -0.2) is 4.79 Å². The van der Waals surface area contributed by atoms with E-state index in [1.165, 1.54) is 11.1 Å². The smallest absolute Gasteiger partial charge is 0.407 e. The summed E-state index contributed by atoms with van der Waals surface area (Å²) < 4.78 is 5.69. The first-order valence-electron chi connectivity index (χ1n) is 11.9. The number of rotatable bonds is 10. The topological polar surface area (TPSA) is 105 Å². The predicted octanol–water partition coefficient (Wildman–Crippen LogP) is 4.31. The molecule has 2 amide bonds. The first kappa shape index (κ1) is 23.8. The Hall–Kier alpha value is -3.35. The lowest BCUT2D eigenvalue weighted by molar-refractivity contribution is -0.138. The van der Waals surface area contributed by atoms with Crippen LogP contribution >= 0.6 is 0 Å². The van der Waals surface area contributed by atoms with Crippen molar-refractivity contribution in [3.63, 3.8) is 0 Å². The maximum absolute atomic E-state index is 12.8. The van der Waals surface area contributed by atoms with Crippen LogP contribution in [0.25, 0.3) is 11.1 Å². The lowest BCUT2D eigenvalue weighted by Crippen LogP contribution is -2.51. The Morgan fingerprint density at radius 3 is 2.21 bits per heavy atom. The van der Waals surface area contributed by atoms with Gasteiger partial charge in [0.15, 0.2) is 0 Å². The van der Waals surface area contributed by atoms with E-state index in [0.29, 0.717) is 0 Å². The molecular formula is C27H32N2O5. The maximum Gasteiger partial charge on any atom is 0.407 e.